The summed E-state index contributed by atoms with van der Waals surface area (Å²) in [6.07, 6.45) is 11.0. The van der Waals surface area contributed by atoms with Crippen molar-refractivity contribution >= 4 is 27.8 Å². The van der Waals surface area contributed by atoms with Gasteiger partial charge in [-0.1, -0.05) is 33.3 Å². The number of halogens is 1. The number of nitrogens with zero attached hydrogens (tertiary/aromatic N) is 2. The zero-order chi connectivity index (χ0) is 35.0. The summed E-state index contributed by atoms with van der Waals surface area (Å²) in [6.45, 7) is 15.6. The average Bonchev–Trinajstić information content (AvgIpc) is 3.66. The Bertz CT molecular complexity index is 1370. The van der Waals surface area contributed by atoms with Crippen molar-refractivity contribution in [2.45, 2.75) is 111 Å². The molecule has 0 saturated heterocycles. The number of methoxy groups -OCH3 is 2. The highest BCUT2D eigenvalue weighted by Crippen LogP contribution is 2.40. The number of aromatic nitrogens is 3. The van der Waals surface area contributed by atoms with Crippen molar-refractivity contribution in [3.8, 4) is 5.75 Å². The highest BCUT2D eigenvalue weighted by Gasteiger charge is 2.41. The first-order valence-corrected chi connectivity index (χ1v) is 16.8. The molecule has 2 saturated carbocycles. The van der Waals surface area contributed by atoms with Crippen molar-refractivity contribution in [1.82, 2.24) is 20.1 Å². The standard InChI is InChI=1S/C17H27N3O2.C8H11BrO2.C8H11NO2.C2H6/c1-4-12-9-17(3,10-12)18-16(21)22-14-6-5-13(8-14)15-7-11(2)19-20-15;1-4-7(9)8(11-3)5-6(2)10;1-6-5-9(2)8(10)4-7(6)11-3;1-2/h7,12-14H,4-6,8-10H2,1-3H3,(H,18,21)(H,19,20);2*4-5H,1-3H3;1-2H3/b;7-4+,8-5+;;. The van der Waals surface area contributed by atoms with Gasteiger partial charge in [-0.25, -0.2) is 4.79 Å². The number of aryl methyl sites for hydroxylation is 3. The molecule has 46 heavy (non-hydrogen) atoms. The number of alkyl carbamates (subject to hydrolysis) is 1. The molecule has 4 rings (SSSR count). The SMILES string of the molecule is C/C=C(Br)\C(=C/C(C)=O)OC.CC.CCC1CC(C)(NC(=O)OC2CCC(c3cc(C)[nH]n3)C2)C1.COc1cc(=O)n(C)cc1C. The topological polar surface area (TPSA) is 125 Å². The maximum Gasteiger partial charge on any atom is 0.407 e. The number of ketones is 1. The van der Waals surface area contributed by atoms with E-state index in [2.05, 4.69) is 51.4 Å². The van der Waals surface area contributed by atoms with Crippen LogP contribution in [0.5, 0.6) is 5.75 Å². The molecule has 2 fully saturated rings. The number of nitrogens with one attached hydrogen (secondary N) is 2. The molecule has 0 aromatic carbocycles. The van der Waals surface area contributed by atoms with Crippen LogP contribution in [0.4, 0.5) is 4.79 Å². The van der Waals surface area contributed by atoms with Gasteiger partial charge in [0, 0.05) is 48.1 Å². The second-order valence-electron chi connectivity index (χ2n) is 11.8. The third kappa shape index (κ3) is 13.2. The van der Waals surface area contributed by atoms with Crippen LogP contribution in [0.15, 0.2) is 45.5 Å². The van der Waals surface area contributed by atoms with Crippen LogP contribution < -0.4 is 15.6 Å². The Labute approximate surface area is 283 Å². The van der Waals surface area contributed by atoms with Gasteiger partial charge in [-0.05, 0) is 94.6 Å². The van der Waals surface area contributed by atoms with Gasteiger partial charge >= 0.3 is 6.09 Å². The van der Waals surface area contributed by atoms with Crippen LogP contribution in [0.1, 0.15) is 103 Å². The molecule has 2 aromatic heterocycles. The molecule has 0 radical (unpaired) electrons. The summed E-state index contributed by atoms with van der Waals surface area (Å²) < 4.78 is 17.8. The molecule has 258 valence electrons. The Kier molecular flexibility index (Phi) is 17.7. The van der Waals surface area contributed by atoms with Crippen molar-refractivity contribution in [3.05, 3.63) is 68.0 Å². The van der Waals surface area contributed by atoms with Crippen molar-refractivity contribution < 1.29 is 23.8 Å². The molecule has 1 amide bonds. The maximum absolute atomic E-state index is 12.1. The van der Waals surface area contributed by atoms with E-state index >= 15 is 0 Å². The lowest BCUT2D eigenvalue weighted by atomic mass is 9.68. The minimum Gasteiger partial charge on any atom is -0.496 e. The second-order valence-corrected chi connectivity index (χ2v) is 12.7. The molecule has 11 heteroatoms. The van der Waals surface area contributed by atoms with E-state index < -0.39 is 0 Å². The maximum atomic E-state index is 12.1. The number of carbonyl (C=O) groups excluding carboxylic acids is 2. The van der Waals surface area contributed by atoms with Crippen LogP contribution >= 0.6 is 15.9 Å². The van der Waals surface area contributed by atoms with E-state index in [0.717, 1.165) is 59.5 Å². The number of allylic oxidation sites excluding steroid dienone is 3. The average molecular weight is 708 g/mol. The van der Waals surface area contributed by atoms with E-state index in [1.165, 1.54) is 37.2 Å². The Morgan fingerprint density at radius 1 is 1.20 bits per heavy atom. The fourth-order valence-corrected chi connectivity index (χ4v) is 5.79. The van der Waals surface area contributed by atoms with Crippen molar-refractivity contribution in [2.75, 3.05) is 14.2 Å². The van der Waals surface area contributed by atoms with E-state index in [0.29, 0.717) is 17.4 Å². The number of aromatic amines is 1. The van der Waals surface area contributed by atoms with Crippen LogP contribution in [-0.4, -0.2) is 52.5 Å². The van der Waals surface area contributed by atoms with E-state index in [9.17, 15) is 14.4 Å². The molecule has 0 bridgehead atoms. The molecule has 2 atom stereocenters. The quantitative estimate of drug-likeness (QED) is 0.163. The van der Waals surface area contributed by atoms with Crippen LogP contribution in [0.2, 0.25) is 0 Å². The van der Waals surface area contributed by atoms with Gasteiger partial charge < -0.3 is 24.1 Å². The lowest BCUT2D eigenvalue weighted by Gasteiger charge is -2.45. The zero-order valence-corrected chi connectivity index (χ0v) is 31.2. The molecule has 2 N–H and O–H groups in total. The highest BCUT2D eigenvalue weighted by molar-refractivity contribution is 9.11. The fourth-order valence-electron chi connectivity index (χ4n) is 5.51. The molecule has 2 aliphatic rings. The second kappa shape index (κ2) is 20.0. The van der Waals surface area contributed by atoms with E-state index in [-0.39, 0.29) is 29.1 Å². The van der Waals surface area contributed by atoms with Gasteiger partial charge in [-0.15, -0.1) is 0 Å². The van der Waals surface area contributed by atoms with Gasteiger partial charge in [-0.3, -0.25) is 14.7 Å². The van der Waals surface area contributed by atoms with Crippen molar-refractivity contribution in [1.29, 1.82) is 0 Å². The normalized spacial score (nSPS) is 22.0. The first-order chi connectivity index (χ1) is 21.7. The number of amides is 1. The molecule has 0 spiro atoms. The Morgan fingerprint density at radius 2 is 1.85 bits per heavy atom. The van der Waals surface area contributed by atoms with Gasteiger partial charge in [0.1, 0.15) is 17.6 Å². The third-order valence-electron chi connectivity index (χ3n) is 7.90. The highest BCUT2D eigenvalue weighted by atomic mass is 79.9. The van der Waals surface area contributed by atoms with Gasteiger partial charge in [0.15, 0.2) is 5.78 Å². The number of pyridine rings is 1. The van der Waals surface area contributed by atoms with Crippen LogP contribution in [0.3, 0.4) is 0 Å². The van der Waals surface area contributed by atoms with Gasteiger partial charge in [-0.2, -0.15) is 5.10 Å². The van der Waals surface area contributed by atoms with E-state index in [4.69, 9.17) is 14.2 Å². The van der Waals surface area contributed by atoms with Crippen molar-refractivity contribution in [2.24, 2.45) is 13.0 Å². The summed E-state index contributed by atoms with van der Waals surface area (Å²) in [5.74, 6) is 2.34. The largest absolute Gasteiger partial charge is 0.496 e. The molecular formula is C35H55BrN4O6. The van der Waals surface area contributed by atoms with Crippen LogP contribution in [0.25, 0.3) is 0 Å². The Balaban J connectivity index is 0.000000373. The number of hydrogen-bond donors (Lipinski definition) is 2. The van der Waals surface area contributed by atoms with Crippen LogP contribution in [-0.2, 0) is 21.3 Å². The van der Waals surface area contributed by atoms with Gasteiger partial charge in [0.05, 0.1) is 24.4 Å². The summed E-state index contributed by atoms with van der Waals surface area (Å²) in [5, 5.41) is 10.4. The predicted octanol–water partition coefficient (Wildman–Crippen LogP) is 7.79. The molecule has 2 aliphatic carbocycles. The Morgan fingerprint density at radius 3 is 2.35 bits per heavy atom. The predicted molar refractivity (Wildman–Crippen MR) is 188 cm³/mol. The molecule has 10 nitrogen and oxygen atoms in total. The minimum atomic E-state index is -0.249. The smallest absolute Gasteiger partial charge is 0.407 e. The minimum absolute atomic E-state index is 0.0210. The number of H-pyrrole nitrogens is 1. The van der Waals surface area contributed by atoms with Crippen molar-refractivity contribution in [3.63, 3.8) is 0 Å². The molecule has 0 aliphatic heterocycles. The van der Waals surface area contributed by atoms with Gasteiger partial charge in [0.25, 0.3) is 5.56 Å². The fraction of sp³-hybridized carbons (Fsp3) is 0.600. The summed E-state index contributed by atoms with van der Waals surface area (Å²) in [6, 6.07) is 3.57. The van der Waals surface area contributed by atoms with Crippen LogP contribution in [0, 0.1) is 19.8 Å². The van der Waals surface area contributed by atoms with Gasteiger partial charge in [0.2, 0.25) is 0 Å². The molecule has 2 unspecified atom stereocenters. The third-order valence-corrected chi connectivity index (χ3v) is 8.75. The molecular weight excluding hydrogens is 652 g/mol. The lowest BCUT2D eigenvalue weighted by Crippen LogP contribution is -2.55. The van der Waals surface area contributed by atoms with E-state index in [1.54, 1.807) is 20.4 Å². The molecule has 2 heterocycles. The zero-order valence-electron chi connectivity index (χ0n) is 29.6. The summed E-state index contributed by atoms with van der Waals surface area (Å²) in [5.41, 5.74) is 3.04. The monoisotopic (exact) mass is 706 g/mol. The van der Waals surface area contributed by atoms with E-state index in [1.807, 2.05) is 40.7 Å². The summed E-state index contributed by atoms with van der Waals surface area (Å²) in [7, 11) is 4.80. The number of hydrogen-bond acceptors (Lipinski definition) is 7. The number of rotatable bonds is 8. The summed E-state index contributed by atoms with van der Waals surface area (Å²) in [4.78, 5) is 33.8. The number of ether oxygens (including phenoxy) is 3. The first kappa shape index (κ1) is 40.7. The first-order valence-electron chi connectivity index (χ1n) is 16.0. The molecule has 2 aromatic rings. The number of carbonyl (C=O) groups is 2. The summed E-state index contributed by atoms with van der Waals surface area (Å²) >= 11 is 3.25. The Hall–Kier alpha value is -3.34. The lowest BCUT2D eigenvalue weighted by molar-refractivity contribution is -0.112.